The molecular formula is C57H110O6. The first-order chi connectivity index (χ1) is 31.0. The van der Waals surface area contributed by atoms with Crippen LogP contribution in [-0.2, 0) is 28.6 Å². The molecule has 0 saturated carbocycles. The zero-order chi connectivity index (χ0) is 45.8. The normalized spacial score (nSPS) is 11.9. The Morgan fingerprint density at radius 1 is 0.254 bits per heavy atom. The molecule has 0 radical (unpaired) electrons. The molecule has 6 nitrogen and oxygen atoms in total. The van der Waals surface area contributed by atoms with Crippen molar-refractivity contribution in [2.45, 2.75) is 335 Å². The molecule has 0 aromatic heterocycles. The molecule has 0 heterocycles. The molecule has 0 saturated heterocycles. The predicted molar refractivity (Wildman–Crippen MR) is 270 cm³/mol. The third kappa shape index (κ3) is 51.3. The van der Waals surface area contributed by atoms with Crippen LogP contribution in [-0.4, -0.2) is 37.2 Å². The summed E-state index contributed by atoms with van der Waals surface area (Å²) in [5.74, 6) is -0.838. The summed E-state index contributed by atoms with van der Waals surface area (Å²) in [4.78, 5) is 38.0. The molecule has 63 heavy (non-hydrogen) atoms. The average Bonchev–Trinajstić information content (AvgIpc) is 3.28. The summed E-state index contributed by atoms with van der Waals surface area (Å²) in [6.07, 6.45) is 58.2. The predicted octanol–water partition coefficient (Wildman–Crippen LogP) is 18.8. The van der Waals surface area contributed by atoms with Gasteiger partial charge in [0.15, 0.2) is 6.10 Å². The number of hydrogen-bond acceptors (Lipinski definition) is 6. The van der Waals surface area contributed by atoms with Gasteiger partial charge in [-0.1, -0.05) is 290 Å². The maximum atomic E-state index is 12.8. The van der Waals surface area contributed by atoms with E-state index in [1.165, 1.54) is 231 Å². The van der Waals surface area contributed by atoms with Gasteiger partial charge in [-0.05, 0) is 19.3 Å². The maximum Gasteiger partial charge on any atom is 0.306 e. The Morgan fingerprint density at radius 2 is 0.429 bits per heavy atom. The number of esters is 3. The zero-order valence-corrected chi connectivity index (χ0v) is 42.9. The van der Waals surface area contributed by atoms with Gasteiger partial charge in [0.05, 0.1) is 0 Å². The van der Waals surface area contributed by atoms with Crippen LogP contribution in [0.1, 0.15) is 329 Å². The smallest absolute Gasteiger partial charge is 0.306 e. The van der Waals surface area contributed by atoms with Crippen molar-refractivity contribution in [1.82, 2.24) is 0 Å². The summed E-state index contributed by atoms with van der Waals surface area (Å²) in [6.45, 7) is 6.68. The third-order valence-electron chi connectivity index (χ3n) is 13.1. The monoisotopic (exact) mass is 891 g/mol. The molecule has 0 spiro atoms. The first kappa shape index (κ1) is 61.4. The van der Waals surface area contributed by atoms with Crippen molar-refractivity contribution in [2.75, 3.05) is 13.2 Å². The van der Waals surface area contributed by atoms with E-state index in [0.29, 0.717) is 19.3 Å². The first-order valence-corrected chi connectivity index (χ1v) is 28.5. The Morgan fingerprint density at radius 3 is 0.635 bits per heavy atom. The van der Waals surface area contributed by atoms with E-state index >= 15 is 0 Å². The lowest BCUT2D eigenvalue weighted by Gasteiger charge is -2.18. The third-order valence-corrected chi connectivity index (χ3v) is 13.1. The lowest BCUT2D eigenvalue weighted by molar-refractivity contribution is -0.167. The van der Waals surface area contributed by atoms with E-state index in [0.717, 1.165) is 57.8 Å². The van der Waals surface area contributed by atoms with Crippen molar-refractivity contribution in [1.29, 1.82) is 0 Å². The number of carbonyl (C=O) groups is 3. The van der Waals surface area contributed by atoms with Gasteiger partial charge in [-0.25, -0.2) is 0 Å². The van der Waals surface area contributed by atoms with Gasteiger partial charge in [0.1, 0.15) is 13.2 Å². The average molecular weight is 892 g/mol. The second-order valence-electron chi connectivity index (χ2n) is 19.6. The molecule has 0 bridgehead atoms. The van der Waals surface area contributed by atoms with E-state index in [2.05, 4.69) is 20.8 Å². The molecular weight excluding hydrogens is 781 g/mol. The molecule has 1 atom stereocenters. The van der Waals surface area contributed by atoms with E-state index in [-0.39, 0.29) is 31.1 Å². The molecule has 0 aliphatic heterocycles. The lowest BCUT2D eigenvalue weighted by Crippen LogP contribution is -2.30. The molecule has 0 aliphatic carbocycles. The molecule has 0 aromatic carbocycles. The van der Waals surface area contributed by atoms with Crippen LogP contribution in [0.3, 0.4) is 0 Å². The molecule has 0 fully saturated rings. The minimum atomic E-state index is -0.760. The highest BCUT2D eigenvalue weighted by molar-refractivity contribution is 5.71. The lowest BCUT2D eigenvalue weighted by atomic mass is 10.0. The summed E-state index contributed by atoms with van der Waals surface area (Å²) >= 11 is 0. The van der Waals surface area contributed by atoms with Gasteiger partial charge in [-0.15, -0.1) is 0 Å². The maximum absolute atomic E-state index is 12.8. The van der Waals surface area contributed by atoms with Gasteiger partial charge in [0.25, 0.3) is 0 Å². The van der Waals surface area contributed by atoms with Gasteiger partial charge in [-0.3, -0.25) is 14.4 Å². The van der Waals surface area contributed by atoms with E-state index < -0.39 is 6.10 Å². The minimum absolute atomic E-state index is 0.0616. The van der Waals surface area contributed by atoms with Gasteiger partial charge in [-0.2, -0.15) is 0 Å². The van der Waals surface area contributed by atoms with E-state index in [1.54, 1.807) is 0 Å². The van der Waals surface area contributed by atoms with E-state index in [1.807, 2.05) is 0 Å². The molecule has 374 valence electrons. The number of unbranched alkanes of at least 4 members (excludes halogenated alkanes) is 42. The summed E-state index contributed by atoms with van der Waals surface area (Å²) in [5, 5.41) is 0. The van der Waals surface area contributed by atoms with Gasteiger partial charge < -0.3 is 14.2 Å². The Kier molecular flexibility index (Phi) is 51.7. The Labute approximate surface area is 393 Å². The summed E-state index contributed by atoms with van der Waals surface area (Å²) in [5.41, 5.74) is 0. The van der Waals surface area contributed by atoms with Crippen LogP contribution in [0.5, 0.6) is 0 Å². The Balaban J connectivity index is 4.17. The van der Waals surface area contributed by atoms with Gasteiger partial charge >= 0.3 is 17.9 Å². The van der Waals surface area contributed by atoms with Crippen molar-refractivity contribution in [3.05, 3.63) is 0 Å². The molecule has 0 rings (SSSR count). The van der Waals surface area contributed by atoms with Gasteiger partial charge in [0.2, 0.25) is 0 Å². The second-order valence-corrected chi connectivity index (χ2v) is 19.6. The first-order valence-electron chi connectivity index (χ1n) is 28.5. The highest BCUT2D eigenvalue weighted by atomic mass is 16.6. The van der Waals surface area contributed by atoms with E-state index in [9.17, 15) is 14.4 Å². The van der Waals surface area contributed by atoms with Crippen LogP contribution in [0.4, 0.5) is 0 Å². The summed E-state index contributed by atoms with van der Waals surface area (Å²) in [7, 11) is 0. The molecule has 0 amide bonds. The molecule has 0 aliphatic rings. The van der Waals surface area contributed by atoms with Gasteiger partial charge in [0, 0.05) is 19.3 Å². The fourth-order valence-corrected chi connectivity index (χ4v) is 8.80. The van der Waals surface area contributed by atoms with Crippen LogP contribution in [0, 0.1) is 0 Å². The topological polar surface area (TPSA) is 78.9 Å². The fraction of sp³-hybridized carbons (Fsp3) is 0.947. The number of ether oxygens (including phenoxy) is 3. The number of rotatable bonds is 53. The fourth-order valence-electron chi connectivity index (χ4n) is 8.80. The van der Waals surface area contributed by atoms with Crippen LogP contribution in [0.25, 0.3) is 0 Å². The largest absolute Gasteiger partial charge is 0.462 e. The quantitative estimate of drug-likeness (QED) is 0.0344. The Hall–Kier alpha value is -1.59. The molecule has 6 heteroatoms. The molecule has 0 unspecified atom stereocenters. The van der Waals surface area contributed by atoms with Crippen molar-refractivity contribution < 1.29 is 28.6 Å². The minimum Gasteiger partial charge on any atom is -0.462 e. The van der Waals surface area contributed by atoms with Crippen LogP contribution in [0.15, 0.2) is 0 Å². The highest BCUT2D eigenvalue weighted by Gasteiger charge is 2.19. The second kappa shape index (κ2) is 53.0. The summed E-state index contributed by atoms with van der Waals surface area (Å²) < 4.78 is 16.8. The van der Waals surface area contributed by atoms with E-state index in [4.69, 9.17) is 14.2 Å². The van der Waals surface area contributed by atoms with Crippen molar-refractivity contribution in [2.24, 2.45) is 0 Å². The Bertz CT molecular complexity index is 936. The SMILES string of the molecule is CCCCCCCCCCCCCCCCCCCCCC(=O)OC[C@@H](COC(=O)CCCCCCCCCCCCCCCCCCC)OC(=O)CCCCCCCCCCC. The van der Waals surface area contributed by atoms with Crippen molar-refractivity contribution in [3.8, 4) is 0 Å². The zero-order valence-electron chi connectivity index (χ0n) is 42.9. The standard InChI is InChI=1S/C57H110O6/c1-4-7-10-13-16-19-21-23-25-27-28-30-32-34-36-39-41-44-47-50-56(59)62-53-54(63-57(60)51-48-45-42-37-18-15-12-9-6-3)52-61-55(58)49-46-43-40-38-35-33-31-29-26-24-22-20-17-14-11-8-5-2/h54H,4-53H2,1-3H3/t54-/m1/s1. The molecule has 0 N–H and O–H groups in total. The van der Waals surface area contributed by atoms with Crippen molar-refractivity contribution in [3.63, 3.8) is 0 Å². The summed E-state index contributed by atoms with van der Waals surface area (Å²) in [6, 6.07) is 0. The number of hydrogen-bond donors (Lipinski definition) is 0. The van der Waals surface area contributed by atoms with Crippen LogP contribution >= 0.6 is 0 Å². The highest BCUT2D eigenvalue weighted by Crippen LogP contribution is 2.18. The van der Waals surface area contributed by atoms with Crippen LogP contribution < -0.4 is 0 Å². The molecule has 0 aromatic rings. The van der Waals surface area contributed by atoms with Crippen molar-refractivity contribution >= 4 is 17.9 Å². The van der Waals surface area contributed by atoms with Crippen LogP contribution in [0.2, 0.25) is 0 Å². The number of carbonyl (C=O) groups excluding carboxylic acids is 3.